The molecule has 0 saturated heterocycles. The summed E-state index contributed by atoms with van der Waals surface area (Å²) < 4.78 is 0. The summed E-state index contributed by atoms with van der Waals surface area (Å²) in [5, 5.41) is 4.38. The number of benzene rings is 4. The highest BCUT2D eigenvalue weighted by atomic mass is 14.8. The van der Waals surface area contributed by atoms with Crippen LogP contribution in [0.5, 0.6) is 0 Å². The summed E-state index contributed by atoms with van der Waals surface area (Å²) >= 11 is 0. The first-order chi connectivity index (χ1) is 26.7. The van der Waals surface area contributed by atoms with E-state index >= 15 is 0 Å². The van der Waals surface area contributed by atoms with E-state index in [9.17, 15) is 0 Å². The molecule has 54 heavy (non-hydrogen) atoms. The van der Waals surface area contributed by atoms with Crippen molar-refractivity contribution < 1.29 is 0 Å². The van der Waals surface area contributed by atoms with Gasteiger partial charge in [-0.15, -0.1) is 0 Å². The van der Waals surface area contributed by atoms with Gasteiger partial charge in [0.2, 0.25) is 0 Å². The highest BCUT2D eigenvalue weighted by Gasteiger charge is 2.09. The minimum absolute atomic E-state index is 0.734. The Labute approximate surface area is 312 Å². The van der Waals surface area contributed by atoms with E-state index in [2.05, 4.69) is 141 Å². The van der Waals surface area contributed by atoms with Crippen molar-refractivity contribution in [3.05, 3.63) is 191 Å². The molecule has 0 aliphatic heterocycles. The summed E-state index contributed by atoms with van der Waals surface area (Å²) in [6, 6.07) is 41.1. The Morgan fingerprint density at radius 3 is 0.796 bits per heavy atom. The molecule has 9 aromatic rings. The normalized spacial score (nSPS) is 12.1. The fourth-order valence-electron chi connectivity index (χ4n) is 6.43. The molecule has 0 unspecified atom stereocenters. The molecule has 0 aliphatic rings. The van der Waals surface area contributed by atoms with Gasteiger partial charge in [0.05, 0.1) is 44.8 Å². The van der Waals surface area contributed by atoms with Crippen LogP contribution in [-0.2, 0) is 0 Å². The largest absolute Gasteiger partial charge is 0.256 e. The van der Waals surface area contributed by atoms with Crippen LogP contribution in [0, 0.1) is 0 Å². The number of aromatic nitrogens is 6. The molecule has 6 nitrogen and oxygen atoms in total. The van der Waals surface area contributed by atoms with Crippen molar-refractivity contribution in [3.8, 4) is 0 Å². The molecule has 0 atom stereocenters. The molecule has 0 fully saturated rings. The minimum Gasteiger partial charge on any atom is -0.256 e. The van der Waals surface area contributed by atoms with Crippen LogP contribution in [0.3, 0.4) is 0 Å². The quantitative estimate of drug-likeness (QED) is 0.158. The Morgan fingerprint density at radius 1 is 0.278 bits per heavy atom. The van der Waals surface area contributed by atoms with E-state index in [1.54, 1.807) is 0 Å². The van der Waals surface area contributed by atoms with Crippen LogP contribution in [0.25, 0.3) is 92.2 Å². The van der Waals surface area contributed by atoms with Crippen LogP contribution in [0.2, 0.25) is 0 Å². The SMILES string of the molecule is C(=C\c1nc(/C=C/c2ccc3cccnc3c2)c(/C=C/c2ccc3cccnc3c2)nc1/C=C/c1ccc2cccnc2c1)/c1ccc2cccnc2c1. The number of rotatable bonds is 8. The topological polar surface area (TPSA) is 77.3 Å². The number of nitrogens with zero attached hydrogens (tertiary/aromatic N) is 6. The fourth-order valence-corrected chi connectivity index (χ4v) is 6.43. The second-order valence-electron chi connectivity index (χ2n) is 12.9. The first kappa shape index (κ1) is 32.5. The lowest BCUT2D eigenvalue weighted by atomic mass is 10.1. The molecular weight excluding hydrogens is 661 g/mol. The van der Waals surface area contributed by atoms with Crippen molar-refractivity contribution in [1.29, 1.82) is 0 Å². The first-order valence-corrected chi connectivity index (χ1v) is 17.7. The maximum Gasteiger partial charge on any atom is 0.0894 e. The van der Waals surface area contributed by atoms with Gasteiger partial charge in [-0.25, -0.2) is 9.97 Å². The number of fused-ring (bicyclic) bond motifs is 4. The molecule has 5 aromatic heterocycles. The highest BCUT2D eigenvalue weighted by molar-refractivity contribution is 5.88. The van der Waals surface area contributed by atoms with Gasteiger partial charge in [0, 0.05) is 46.3 Å². The van der Waals surface area contributed by atoms with E-state index in [-0.39, 0.29) is 0 Å². The van der Waals surface area contributed by atoms with Crippen molar-refractivity contribution in [2.24, 2.45) is 0 Å². The zero-order valence-electron chi connectivity index (χ0n) is 29.2. The summed E-state index contributed by atoms with van der Waals surface area (Å²) in [4.78, 5) is 28.7. The van der Waals surface area contributed by atoms with Crippen LogP contribution in [0.4, 0.5) is 0 Å². The molecule has 5 heterocycles. The second-order valence-corrected chi connectivity index (χ2v) is 12.9. The average Bonchev–Trinajstić information content (AvgIpc) is 3.23. The Bertz CT molecular complexity index is 2560. The minimum atomic E-state index is 0.734. The Hall–Kier alpha value is -7.44. The van der Waals surface area contributed by atoms with Gasteiger partial charge in [-0.2, -0.15) is 0 Å². The molecule has 9 rings (SSSR count). The summed E-state index contributed by atoms with van der Waals surface area (Å²) in [6.07, 6.45) is 23.6. The van der Waals surface area contributed by atoms with Gasteiger partial charge in [-0.1, -0.05) is 97.1 Å². The smallest absolute Gasteiger partial charge is 0.0894 e. The average molecular weight is 693 g/mol. The maximum atomic E-state index is 5.26. The summed E-state index contributed by atoms with van der Waals surface area (Å²) in [6.45, 7) is 0. The lowest BCUT2D eigenvalue weighted by Crippen LogP contribution is -2.00. The maximum absolute atomic E-state index is 5.26. The van der Waals surface area contributed by atoms with Crippen molar-refractivity contribution in [1.82, 2.24) is 29.9 Å². The molecule has 0 N–H and O–H groups in total. The predicted molar refractivity (Wildman–Crippen MR) is 225 cm³/mol. The van der Waals surface area contributed by atoms with E-state index in [1.807, 2.05) is 73.4 Å². The van der Waals surface area contributed by atoms with Crippen molar-refractivity contribution >= 4 is 92.2 Å². The Balaban J connectivity index is 1.16. The molecule has 0 bridgehead atoms. The van der Waals surface area contributed by atoms with Crippen molar-refractivity contribution in [2.45, 2.75) is 0 Å². The van der Waals surface area contributed by atoms with Gasteiger partial charge in [0.25, 0.3) is 0 Å². The first-order valence-electron chi connectivity index (χ1n) is 17.7. The molecule has 0 amide bonds. The van der Waals surface area contributed by atoms with Crippen molar-refractivity contribution in [3.63, 3.8) is 0 Å². The summed E-state index contributed by atoms with van der Waals surface area (Å²) in [5.41, 5.74) is 10.8. The van der Waals surface area contributed by atoms with E-state index in [4.69, 9.17) is 9.97 Å². The van der Waals surface area contributed by atoms with Crippen LogP contribution in [-0.4, -0.2) is 29.9 Å². The van der Waals surface area contributed by atoms with Crippen LogP contribution >= 0.6 is 0 Å². The van der Waals surface area contributed by atoms with Gasteiger partial charge in [0.15, 0.2) is 0 Å². The molecule has 0 spiro atoms. The molecule has 254 valence electrons. The Morgan fingerprint density at radius 2 is 0.537 bits per heavy atom. The predicted octanol–water partition coefficient (Wildman–Crippen LogP) is 11.4. The van der Waals surface area contributed by atoms with Gasteiger partial charge in [-0.05, 0) is 95.1 Å². The molecule has 0 aliphatic carbocycles. The van der Waals surface area contributed by atoms with E-state index in [0.29, 0.717) is 0 Å². The lowest BCUT2D eigenvalue weighted by molar-refractivity contribution is 1.12. The number of hydrogen-bond acceptors (Lipinski definition) is 6. The lowest BCUT2D eigenvalue weighted by Gasteiger charge is -2.08. The molecule has 4 aromatic carbocycles. The Kier molecular flexibility index (Phi) is 8.81. The van der Waals surface area contributed by atoms with Gasteiger partial charge in [-0.3, -0.25) is 19.9 Å². The summed E-state index contributed by atoms with van der Waals surface area (Å²) in [5.74, 6) is 0. The number of pyridine rings is 4. The fraction of sp³-hybridized carbons (Fsp3) is 0. The third kappa shape index (κ3) is 7.17. The van der Waals surface area contributed by atoms with Crippen molar-refractivity contribution in [2.75, 3.05) is 0 Å². The van der Waals surface area contributed by atoms with Crippen LogP contribution in [0.15, 0.2) is 146 Å². The molecule has 6 heteroatoms. The van der Waals surface area contributed by atoms with E-state index < -0.39 is 0 Å². The molecule has 0 saturated carbocycles. The van der Waals surface area contributed by atoms with Gasteiger partial charge >= 0.3 is 0 Å². The molecule has 0 radical (unpaired) electrons. The monoisotopic (exact) mass is 692 g/mol. The van der Waals surface area contributed by atoms with E-state index in [0.717, 1.165) is 88.6 Å². The van der Waals surface area contributed by atoms with Crippen LogP contribution < -0.4 is 0 Å². The second kappa shape index (κ2) is 14.7. The van der Waals surface area contributed by atoms with Gasteiger partial charge in [0.1, 0.15) is 0 Å². The zero-order valence-corrected chi connectivity index (χ0v) is 29.2. The highest BCUT2D eigenvalue weighted by Crippen LogP contribution is 2.24. The molecular formula is C48H32N6. The summed E-state index contributed by atoms with van der Waals surface area (Å²) in [7, 11) is 0. The van der Waals surface area contributed by atoms with Crippen LogP contribution in [0.1, 0.15) is 45.0 Å². The third-order valence-corrected chi connectivity index (χ3v) is 9.26. The standard InChI is InChI=1S/C48H32N6/c1-5-37-17-9-33(29-45(37)49-25-1)13-21-41-42(22-14-34-10-18-38-6-2-26-50-46(38)30-34)54-44(24-16-36-12-20-40-8-4-28-52-48(40)32-36)43(53-41)23-15-35-11-19-39-7-3-27-51-47(39)31-35/h1-32H/b21-13+,22-14+,23-15+,24-16+. The third-order valence-electron chi connectivity index (χ3n) is 9.26. The number of hydrogen-bond donors (Lipinski definition) is 0. The van der Waals surface area contributed by atoms with E-state index in [1.165, 1.54) is 0 Å². The van der Waals surface area contributed by atoms with Gasteiger partial charge < -0.3 is 0 Å². The zero-order chi connectivity index (χ0) is 36.1.